The van der Waals surface area contributed by atoms with Crippen LogP contribution in [0, 0.1) is 10.1 Å². The van der Waals surface area contributed by atoms with Gasteiger partial charge in [-0.15, -0.1) is 0 Å². The minimum absolute atomic E-state index is 0.174. The highest BCUT2D eigenvalue weighted by molar-refractivity contribution is 9.10. The fourth-order valence-electron chi connectivity index (χ4n) is 1.82. The van der Waals surface area contributed by atoms with Gasteiger partial charge in [0.05, 0.1) is 10.6 Å². The molecule has 0 heterocycles. The molecule has 2 aromatic rings. The van der Waals surface area contributed by atoms with Crippen LogP contribution in [0.4, 0.5) is 17.1 Å². The third-order valence-corrected chi connectivity index (χ3v) is 3.28. The Hall–Kier alpha value is -2.74. The van der Waals surface area contributed by atoms with E-state index in [4.69, 9.17) is 0 Å². The maximum absolute atomic E-state index is 10.9. The Bertz CT molecular complexity index is 788. The monoisotopic (exact) mass is 377 g/mol. The van der Waals surface area contributed by atoms with Crippen LogP contribution < -0.4 is 5.32 Å². The third kappa shape index (κ3) is 4.36. The van der Waals surface area contributed by atoms with Crippen molar-refractivity contribution in [3.05, 3.63) is 56.5 Å². The van der Waals surface area contributed by atoms with Crippen LogP contribution in [0.3, 0.4) is 0 Å². The first kappa shape index (κ1) is 16.6. The molecule has 118 valence electrons. The Morgan fingerprint density at radius 1 is 1.35 bits per heavy atom. The molecule has 0 saturated heterocycles. The fraction of sp³-hybridized carbons (Fsp3) is 0.0667. The van der Waals surface area contributed by atoms with E-state index in [-0.39, 0.29) is 11.5 Å². The van der Waals surface area contributed by atoms with Crippen molar-refractivity contribution in [2.45, 2.75) is 6.92 Å². The van der Waals surface area contributed by atoms with Crippen LogP contribution in [0.1, 0.15) is 12.5 Å². The molecule has 23 heavy (non-hydrogen) atoms. The van der Waals surface area contributed by atoms with Gasteiger partial charge in [-0.25, -0.2) is 0 Å². The quantitative estimate of drug-likeness (QED) is 0.480. The highest BCUT2D eigenvalue weighted by Gasteiger charge is 2.17. The molecule has 7 nitrogen and oxygen atoms in total. The van der Waals surface area contributed by atoms with Gasteiger partial charge in [0.2, 0.25) is 11.7 Å². The number of nitrogens with one attached hydrogen (secondary N) is 1. The van der Waals surface area contributed by atoms with E-state index in [1.165, 1.54) is 25.3 Å². The number of rotatable bonds is 4. The number of aromatic hydroxyl groups is 1. The lowest BCUT2D eigenvalue weighted by molar-refractivity contribution is -0.385. The van der Waals surface area contributed by atoms with Crippen molar-refractivity contribution >= 4 is 45.1 Å². The molecule has 0 aromatic heterocycles. The number of nitro groups is 1. The first-order valence-corrected chi connectivity index (χ1v) is 7.25. The first-order valence-electron chi connectivity index (χ1n) is 6.45. The SMILES string of the molecule is CC(=O)Nc1ccc(N=Cc2cc(Br)cc([N+](=O)[O-])c2O)cc1. The van der Waals surface area contributed by atoms with Gasteiger partial charge in [0.25, 0.3) is 0 Å². The van der Waals surface area contributed by atoms with E-state index in [0.29, 0.717) is 15.8 Å². The fourth-order valence-corrected chi connectivity index (χ4v) is 2.28. The minimum Gasteiger partial charge on any atom is -0.502 e. The smallest absolute Gasteiger partial charge is 0.312 e. The van der Waals surface area contributed by atoms with Gasteiger partial charge in [-0.05, 0) is 30.3 Å². The van der Waals surface area contributed by atoms with Crippen LogP contribution in [0.5, 0.6) is 5.75 Å². The van der Waals surface area contributed by atoms with Crippen molar-refractivity contribution in [1.82, 2.24) is 0 Å². The van der Waals surface area contributed by atoms with Gasteiger partial charge >= 0.3 is 5.69 Å². The van der Waals surface area contributed by atoms with Crippen LogP contribution in [0.15, 0.2) is 45.9 Å². The van der Waals surface area contributed by atoms with E-state index in [9.17, 15) is 20.0 Å². The maximum Gasteiger partial charge on any atom is 0.312 e. The Balaban J connectivity index is 2.26. The number of hydrogen-bond acceptors (Lipinski definition) is 5. The summed E-state index contributed by atoms with van der Waals surface area (Å²) in [5.41, 5.74) is 1.03. The van der Waals surface area contributed by atoms with Gasteiger partial charge in [-0.3, -0.25) is 19.9 Å². The topological polar surface area (TPSA) is 105 Å². The van der Waals surface area contributed by atoms with Gasteiger partial charge in [-0.1, -0.05) is 15.9 Å². The lowest BCUT2D eigenvalue weighted by Gasteiger charge is -2.03. The number of hydrogen-bond donors (Lipinski definition) is 2. The highest BCUT2D eigenvalue weighted by atomic mass is 79.9. The van der Waals surface area contributed by atoms with E-state index < -0.39 is 16.4 Å². The number of benzene rings is 2. The van der Waals surface area contributed by atoms with E-state index in [1.807, 2.05) is 0 Å². The Labute approximate surface area is 140 Å². The van der Waals surface area contributed by atoms with Crippen LogP contribution in [-0.4, -0.2) is 22.2 Å². The molecule has 0 radical (unpaired) electrons. The van der Waals surface area contributed by atoms with Gasteiger partial charge in [-0.2, -0.15) is 0 Å². The predicted octanol–water partition coefficient (Wildman–Crippen LogP) is 3.77. The molecule has 0 aliphatic heterocycles. The molecule has 1 amide bonds. The zero-order valence-electron chi connectivity index (χ0n) is 12.0. The van der Waals surface area contributed by atoms with E-state index >= 15 is 0 Å². The molecule has 2 N–H and O–H groups in total. The molecule has 0 atom stereocenters. The van der Waals surface area contributed by atoms with Crippen LogP contribution >= 0.6 is 15.9 Å². The summed E-state index contributed by atoms with van der Waals surface area (Å²) >= 11 is 3.16. The zero-order valence-corrected chi connectivity index (χ0v) is 13.6. The number of amides is 1. The normalized spacial score (nSPS) is 10.7. The number of carbonyl (C=O) groups is 1. The summed E-state index contributed by atoms with van der Waals surface area (Å²) in [6.45, 7) is 1.41. The highest BCUT2D eigenvalue weighted by Crippen LogP contribution is 2.32. The predicted molar refractivity (Wildman–Crippen MR) is 90.5 cm³/mol. The number of anilines is 1. The number of phenols is 1. The minimum atomic E-state index is -0.667. The van der Waals surface area contributed by atoms with E-state index in [0.717, 1.165) is 0 Å². The zero-order chi connectivity index (χ0) is 17.0. The second kappa shape index (κ2) is 7.01. The number of halogens is 1. The Kier molecular flexibility index (Phi) is 5.07. The summed E-state index contributed by atoms with van der Waals surface area (Å²) < 4.78 is 0.462. The Morgan fingerprint density at radius 3 is 2.57 bits per heavy atom. The molecule has 0 unspecified atom stereocenters. The molecule has 0 aliphatic rings. The van der Waals surface area contributed by atoms with Crippen molar-refractivity contribution < 1.29 is 14.8 Å². The van der Waals surface area contributed by atoms with Crippen molar-refractivity contribution in [2.75, 3.05) is 5.32 Å². The van der Waals surface area contributed by atoms with Crippen molar-refractivity contribution in [3.8, 4) is 5.75 Å². The molecule has 0 aliphatic carbocycles. The molecule has 0 saturated carbocycles. The number of phenolic OH excluding ortho intramolecular Hbond substituents is 1. The second-order valence-electron chi connectivity index (χ2n) is 4.61. The van der Waals surface area contributed by atoms with Gasteiger partial charge in [0.15, 0.2) is 0 Å². The van der Waals surface area contributed by atoms with E-state index in [1.54, 1.807) is 24.3 Å². The standard InChI is InChI=1S/C15H12BrN3O4/c1-9(20)18-13-4-2-12(3-5-13)17-8-10-6-11(16)7-14(15(10)21)19(22)23/h2-8,21H,1H3,(H,18,20). The summed E-state index contributed by atoms with van der Waals surface area (Å²) in [6, 6.07) is 9.44. The molecular weight excluding hydrogens is 366 g/mol. The average Bonchev–Trinajstić information content (AvgIpc) is 2.48. The van der Waals surface area contributed by atoms with Crippen molar-refractivity contribution in [2.24, 2.45) is 4.99 Å². The van der Waals surface area contributed by atoms with Gasteiger partial charge < -0.3 is 10.4 Å². The summed E-state index contributed by atoms with van der Waals surface area (Å²) in [5.74, 6) is -0.621. The lowest BCUT2D eigenvalue weighted by Crippen LogP contribution is -2.04. The van der Waals surface area contributed by atoms with Gasteiger partial charge in [0, 0.05) is 34.9 Å². The van der Waals surface area contributed by atoms with Crippen LogP contribution in [0.2, 0.25) is 0 Å². The molecule has 2 aromatic carbocycles. The van der Waals surface area contributed by atoms with E-state index in [2.05, 4.69) is 26.2 Å². The summed E-state index contributed by atoms with van der Waals surface area (Å²) in [7, 11) is 0. The largest absolute Gasteiger partial charge is 0.502 e. The second-order valence-corrected chi connectivity index (χ2v) is 5.52. The van der Waals surface area contributed by atoms with Crippen molar-refractivity contribution in [3.63, 3.8) is 0 Å². The number of nitrogens with zero attached hydrogens (tertiary/aromatic N) is 2. The number of nitro benzene ring substituents is 1. The summed E-state index contributed by atoms with van der Waals surface area (Å²) in [6.07, 6.45) is 1.33. The molecule has 0 fully saturated rings. The van der Waals surface area contributed by atoms with Crippen LogP contribution in [0.25, 0.3) is 0 Å². The summed E-state index contributed by atoms with van der Waals surface area (Å²) in [4.78, 5) is 25.3. The molecule has 0 bridgehead atoms. The molecule has 8 heteroatoms. The van der Waals surface area contributed by atoms with Gasteiger partial charge in [0.1, 0.15) is 0 Å². The number of carbonyl (C=O) groups excluding carboxylic acids is 1. The number of aliphatic imine (C=N–C) groups is 1. The molecule has 2 rings (SSSR count). The Morgan fingerprint density at radius 2 is 2.00 bits per heavy atom. The summed E-state index contributed by atoms with van der Waals surface area (Å²) in [5, 5.41) is 23.4. The lowest BCUT2D eigenvalue weighted by atomic mass is 10.2. The first-order chi connectivity index (χ1) is 10.9. The molecule has 0 spiro atoms. The van der Waals surface area contributed by atoms with Crippen LogP contribution in [-0.2, 0) is 4.79 Å². The van der Waals surface area contributed by atoms with Crippen molar-refractivity contribution in [1.29, 1.82) is 0 Å². The average molecular weight is 378 g/mol. The molecular formula is C15H12BrN3O4. The maximum atomic E-state index is 10.9. The third-order valence-electron chi connectivity index (χ3n) is 2.82.